The van der Waals surface area contributed by atoms with Crippen LogP contribution in [0.1, 0.15) is 33.1 Å². The summed E-state index contributed by atoms with van der Waals surface area (Å²) in [4.78, 5) is 12.2. The van der Waals surface area contributed by atoms with Crippen LogP contribution in [-0.2, 0) is 0 Å². The van der Waals surface area contributed by atoms with Gasteiger partial charge < -0.3 is 15.1 Å². The van der Waals surface area contributed by atoms with Gasteiger partial charge in [0.05, 0.1) is 0 Å². The average molecular weight is 227 g/mol. The molecule has 0 saturated carbocycles. The van der Waals surface area contributed by atoms with Crippen molar-refractivity contribution < 1.29 is 15.0 Å². The van der Waals surface area contributed by atoms with Crippen molar-refractivity contribution in [2.24, 2.45) is 5.41 Å². The number of aliphatic hydroxyl groups excluding tert-OH is 1. The van der Waals surface area contributed by atoms with Gasteiger partial charge in [0, 0.05) is 25.1 Å². The number of carbonyl (C=O) groups is 1. The van der Waals surface area contributed by atoms with Gasteiger partial charge in [-0.15, -0.1) is 0 Å². The largest absolute Gasteiger partial charge is 0.465 e. The van der Waals surface area contributed by atoms with E-state index in [1.54, 1.807) is 0 Å². The molecule has 1 fully saturated rings. The number of piperidine rings is 1. The first kappa shape index (κ1) is 13.0. The van der Waals surface area contributed by atoms with Gasteiger partial charge in [0.15, 0.2) is 0 Å². The fraction of sp³-hybridized carbons (Fsp3) is 0.750. The molecule has 1 saturated heterocycles. The maximum atomic E-state index is 10.8. The molecule has 0 aromatic heterocycles. The molecule has 0 aliphatic carbocycles. The van der Waals surface area contributed by atoms with E-state index < -0.39 is 6.09 Å². The van der Waals surface area contributed by atoms with Crippen molar-refractivity contribution in [2.45, 2.75) is 33.1 Å². The molecule has 1 aliphatic rings. The van der Waals surface area contributed by atoms with E-state index >= 15 is 0 Å². The molecule has 2 N–H and O–H groups in total. The average Bonchev–Trinajstić information content (AvgIpc) is 2.27. The van der Waals surface area contributed by atoms with Crippen LogP contribution in [0.25, 0.3) is 0 Å². The maximum Gasteiger partial charge on any atom is 0.407 e. The standard InChI is InChI=1S/C12H21NO3/c1-10(2)3-4-12(9-14)5-7-13(8-6-12)11(15)16/h3,14H,4-9H2,1-2H3,(H,15,16). The molecule has 0 atom stereocenters. The Morgan fingerprint density at radius 3 is 2.31 bits per heavy atom. The summed E-state index contributed by atoms with van der Waals surface area (Å²) in [5.74, 6) is 0. The number of nitrogens with zero attached hydrogens (tertiary/aromatic N) is 1. The van der Waals surface area contributed by atoms with Crippen LogP contribution < -0.4 is 0 Å². The molecule has 0 bridgehead atoms. The second kappa shape index (κ2) is 5.34. The van der Waals surface area contributed by atoms with E-state index in [0.717, 1.165) is 19.3 Å². The molecular weight excluding hydrogens is 206 g/mol. The molecular formula is C12H21NO3. The Hall–Kier alpha value is -1.03. The van der Waals surface area contributed by atoms with E-state index in [1.807, 2.05) is 13.8 Å². The second-order valence-corrected chi connectivity index (χ2v) is 4.91. The van der Waals surface area contributed by atoms with Gasteiger partial charge in [0.2, 0.25) is 0 Å². The molecule has 0 unspecified atom stereocenters. The normalized spacial score (nSPS) is 19.3. The molecule has 16 heavy (non-hydrogen) atoms. The highest BCUT2D eigenvalue weighted by atomic mass is 16.4. The first-order chi connectivity index (χ1) is 7.49. The number of amides is 1. The van der Waals surface area contributed by atoms with Crippen LogP contribution in [0.5, 0.6) is 0 Å². The Balaban J connectivity index is 2.58. The summed E-state index contributed by atoms with van der Waals surface area (Å²) in [5.41, 5.74) is 1.14. The van der Waals surface area contributed by atoms with Crippen LogP contribution in [0.3, 0.4) is 0 Å². The van der Waals surface area contributed by atoms with Gasteiger partial charge in [0.25, 0.3) is 0 Å². The van der Waals surface area contributed by atoms with E-state index in [0.29, 0.717) is 13.1 Å². The number of allylic oxidation sites excluding steroid dienone is 2. The smallest absolute Gasteiger partial charge is 0.407 e. The van der Waals surface area contributed by atoms with Gasteiger partial charge in [0.1, 0.15) is 0 Å². The summed E-state index contributed by atoms with van der Waals surface area (Å²) in [6.07, 6.45) is 3.62. The number of carboxylic acid groups (broad SMARTS) is 1. The molecule has 0 spiro atoms. The highest BCUT2D eigenvalue weighted by Crippen LogP contribution is 2.35. The fourth-order valence-corrected chi connectivity index (χ4v) is 2.02. The van der Waals surface area contributed by atoms with Crippen LogP contribution >= 0.6 is 0 Å². The van der Waals surface area contributed by atoms with Gasteiger partial charge in [-0.2, -0.15) is 0 Å². The molecule has 0 radical (unpaired) electrons. The van der Waals surface area contributed by atoms with Crippen molar-refractivity contribution in [2.75, 3.05) is 19.7 Å². The molecule has 1 aliphatic heterocycles. The topological polar surface area (TPSA) is 60.8 Å². The van der Waals surface area contributed by atoms with Gasteiger partial charge >= 0.3 is 6.09 Å². The zero-order valence-corrected chi connectivity index (χ0v) is 10.1. The second-order valence-electron chi connectivity index (χ2n) is 4.91. The summed E-state index contributed by atoms with van der Waals surface area (Å²) < 4.78 is 0. The number of rotatable bonds is 3. The summed E-state index contributed by atoms with van der Waals surface area (Å²) in [6.45, 7) is 5.29. The number of aliphatic hydroxyl groups is 1. The predicted molar refractivity (Wildman–Crippen MR) is 62.4 cm³/mol. The van der Waals surface area contributed by atoms with E-state index in [2.05, 4.69) is 6.08 Å². The quantitative estimate of drug-likeness (QED) is 0.726. The summed E-state index contributed by atoms with van der Waals surface area (Å²) in [6, 6.07) is 0. The Kier molecular flexibility index (Phi) is 4.35. The number of hydrogen-bond acceptors (Lipinski definition) is 2. The van der Waals surface area contributed by atoms with Crippen LogP contribution in [0.4, 0.5) is 4.79 Å². The maximum absolute atomic E-state index is 10.8. The molecule has 0 aromatic rings. The molecule has 92 valence electrons. The number of hydrogen-bond donors (Lipinski definition) is 2. The van der Waals surface area contributed by atoms with Crippen molar-refractivity contribution in [3.8, 4) is 0 Å². The van der Waals surface area contributed by atoms with Crippen LogP contribution in [0.15, 0.2) is 11.6 Å². The molecule has 1 amide bonds. The molecule has 1 rings (SSSR count). The third-order valence-electron chi connectivity index (χ3n) is 3.37. The van der Waals surface area contributed by atoms with Crippen LogP contribution in [0.2, 0.25) is 0 Å². The third-order valence-corrected chi connectivity index (χ3v) is 3.37. The Bertz CT molecular complexity index is 274. The first-order valence-corrected chi connectivity index (χ1v) is 5.71. The Morgan fingerprint density at radius 2 is 1.94 bits per heavy atom. The highest BCUT2D eigenvalue weighted by Gasteiger charge is 2.34. The number of likely N-dealkylation sites (tertiary alicyclic amines) is 1. The zero-order valence-electron chi connectivity index (χ0n) is 10.1. The Morgan fingerprint density at radius 1 is 1.38 bits per heavy atom. The van der Waals surface area contributed by atoms with Crippen molar-refractivity contribution in [3.05, 3.63) is 11.6 Å². The lowest BCUT2D eigenvalue weighted by Gasteiger charge is -2.39. The zero-order chi connectivity index (χ0) is 12.2. The lowest BCUT2D eigenvalue weighted by atomic mass is 9.76. The van der Waals surface area contributed by atoms with Crippen LogP contribution in [-0.4, -0.2) is 40.9 Å². The van der Waals surface area contributed by atoms with Crippen molar-refractivity contribution >= 4 is 6.09 Å². The van der Waals surface area contributed by atoms with Crippen molar-refractivity contribution in [3.63, 3.8) is 0 Å². The van der Waals surface area contributed by atoms with E-state index in [4.69, 9.17) is 5.11 Å². The summed E-state index contributed by atoms with van der Waals surface area (Å²) >= 11 is 0. The van der Waals surface area contributed by atoms with Crippen molar-refractivity contribution in [1.29, 1.82) is 0 Å². The molecule has 4 heteroatoms. The molecule has 0 aromatic carbocycles. The minimum Gasteiger partial charge on any atom is -0.465 e. The van der Waals surface area contributed by atoms with E-state index in [9.17, 15) is 9.90 Å². The first-order valence-electron chi connectivity index (χ1n) is 5.71. The van der Waals surface area contributed by atoms with E-state index in [1.165, 1.54) is 10.5 Å². The molecule has 1 heterocycles. The van der Waals surface area contributed by atoms with Crippen molar-refractivity contribution in [1.82, 2.24) is 4.90 Å². The fourth-order valence-electron chi connectivity index (χ4n) is 2.02. The summed E-state index contributed by atoms with van der Waals surface area (Å²) in [7, 11) is 0. The van der Waals surface area contributed by atoms with Gasteiger partial charge in [-0.1, -0.05) is 11.6 Å². The summed E-state index contributed by atoms with van der Waals surface area (Å²) in [5, 5.41) is 18.3. The lowest BCUT2D eigenvalue weighted by molar-refractivity contribution is 0.0463. The highest BCUT2D eigenvalue weighted by molar-refractivity contribution is 5.65. The molecule has 4 nitrogen and oxygen atoms in total. The Labute approximate surface area is 96.6 Å². The monoisotopic (exact) mass is 227 g/mol. The van der Waals surface area contributed by atoms with Gasteiger partial charge in [-0.3, -0.25) is 0 Å². The van der Waals surface area contributed by atoms with Gasteiger partial charge in [-0.25, -0.2) is 4.79 Å². The SMILES string of the molecule is CC(C)=CCC1(CO)CCN(C(=O)O)CC1. The minimum absolute atomic E-state index is 0.108. The van der Waals surface area contributed by atoms with E-state index in [-0.39, 0.29) is 12.0 Å². The predicted octanol–water partition coefficient (Wildman–Crippen LogP) is 2.10. The van der Waals surface area contributed by atoms with Gasteiger partial charge in [-0.05, 0) is 33.1 Å². The van der Waals surface area contributed by atoms with Crippen LogP contribution in [0, 0.1) is 5.41 Å². The lowest BCUT2D eigenvalue weighted by Crippen LogP contribution is -2.44. The third kappa shape index (κ3) is 3.23. The minimum atomic E-state index is -0.853.